The van der Waals surface area contributed by atoms with Gasteiger partial charge in [-0.2, -0.15) is 0 Å². The van der Waals surface area contributed by atoms with Crippen molar-refractivity contribution in [2.75, 3.05) is 19.0 Å². The average molecular weight is 277 g/mol. The lowest BCUT2D eigenvalue weighted by molar-refractivity contribution is -0.147. The van der Waals surface area contributed by atoms with Gasteiger partial charge >= 0.3 is 5.97 Å². The summed E-state index contributed by atoms with van der Waals surface area (Å²) in [6.07, 6.45) is 0. The fourth-order valence-corrected chi connectivity index (χ4v) is 1.89. The molecule has 1 atom stereocenters. The Balaban J connectivity index is 2.44. The van der Waals surface area contributed by atoms with Crippen molar-refractivity contribution in [3.05, 3.63) is 0 Å². The number of alkyl halides is 1. The first-order valence-corrected chi connectivity index (χ1v) is 6.27. The lowest BCUT2D eigenvalue weighted by atomic mass is 9.97. The molecule has 0 saturated carbocycles. The summed E-state index contributed by atoms with van der Waals surface area (Å²) in [5.41, 5.74) is 0. The van der Waals surface area contributed by atoms with E-state index in [0.29, 0.717) is 13.1 Å². The summed E-state index contributed by atoms with van der Waals surface area (Å²) < 4.78 is 0. The van der Waals surface area contributed by atoms with Crippen LogP contribution in [0.25, 0.3) is 0 Å². The van der Waals surface area contributed by atoms with Gasteiger partial charge in [0.15, 0.2) is 0 Å². The minimum Gasteiger partial charge on any atom is -0.480 e. The van der Waals surface area contributed by atoms with Gasteiger partial charge in [-0.05, 0) is 5.92 Å². The molecule has 1 saturated heterocycles. The molecular weight excluding hydrogens is 260 g/mol. The number of halogens is 1. The second-order valence-corrected chi connectivity index (χ2v) is 4.97. The summed E-state index contributed by atoms with van der Waals surface area (Å²) in [4.78, 5) is 35.3. The second kappa shape index (κ2) is 6.04. The van der Waals surface area contributed by atoms with E-state index in [4.69, 9.17) is 16.7 Å². The number of carbonyl (C=O) groups excluding carboxylic acids is 2. The summed E-state index contributed by atoms with van der Waals surface area (Å²) in [6.45, 7) is 4.07. The van der Waals surface area contributed by atoms with Crippen LogP contribution in [0.5, 0.6) is 0 Å². The maximum atomic E-state index is 11.8. The molecule has 0 spiro atoms. The monoisotopic (exact) mass is 276 g/mol. The number of aliphatic carboxylic acids is 1. The van der Waals surface area contributed by atoms with Crippen LogP contribution in [0.1, 0.15) is 13.8 Å². The largest absolute Gasteiger partial charge is 0.480 e. The third kappa shape index (κ3) is 3.35. The summed E-state index contributed by atoms with van der Waals surface area (Å²) in [5.74, 6) is -2.21. The molecule has 0 aromatic rings. The quantitative estimate of drug-likeness (QED) is 0.687. The van der Waals surface area contributed by atoms with Crippen molar-refractivity contribution >= 4 is 29.4 Å². The Hall–Kier alpha value is -1.30. The molecule has 1 aliphatic rings. The Morgan fingerprint density at radius 1 is 1.39 bits per heavy atom. The molecule has 1 rings (SSSR count). The van der Waals surface area contributed by atoms with Gasteiger partial charge < -0.3 is 15.3 Å². The summed E-state index contributed by atoms with van der Waals surface area (Å²) in [7, 11) is 0. The lowest BCUT2D eigenvalue weighted by Crippen LogP contribution is -2.58. The van der Waals surface area contributed by atoms with Crippen LogP contribution in [0.3, 0.4) is 0 Å². The Kier molecular flexibility index (Phi) is 4.95. The number of likely N-dealkylation sites (tertiary alicyclic amines) is 1. The van der Waals surface area contributed by atoms with Crippen LogP contribution in [-0.2, 0) is 14.4 Å². The maximum Gasteiger partial charge on any atom is 0.326 e. The number of hydrogen-bond donors (Lipinski definition) is 2. The predicted molar refractivity (Wildman–Crippen MR) is 65.2 cm³/mol. The molecule has 0 aromatic carbocycles. The van der Waals surface area contributed by atoms with Gasteiger partial charge in [0.1, 0.15) is 11.9 Å². The van der Waals surface area contributed by atoms with Crippen LogP contribution in [0, 0.1) is 11.8 Å². The molecule has 1 fully saturated rings. The van der Waals surface area contributed by atoms with Gasteiger partial charge in [-0.1, -0.05) is 13.8 Å². The molecule has 6 nitrogen and oxygen atoms in total. The van der Waals surface area contributed by atoms with Crippen molar-refractivity contribution in [3.63, 3.8) is 0 Å². The first-order chi connectivity index (χ1) is 8.36. The van der Waals surface area contributed by atoms with Gasteiger partial charge in [-0.15, -0.1) is 11.6 Å². The SMILES string of the molecule is CC(C)C(NC(=O)C1CN(C(=O)CCl)C1)C(=O)O. The van der Waals surface area contributed by atoms with E-state index in [1.165, 1.54) is 4.90 Å². The van der Waals surface area contributed by atoms with Gasteiger partial charge in [0, 0.05) is 13.1 Å². The van der Waals surface area contributed by atoms with Crippen LogP contribution in [0.2, 0.25) is 0 Å². The van der Waals surface area contributed by atoms with E-state index in [1.54, 1.807) is 13.8 Å². The van der Waals surface area contributed by atoms with E-state index in [0.717, 1.165) is 0 Å². The summed E-state index contributed by atoms with van der Waals surface area (Å²) in [6, 6.07) is -0.893. The zero-order valence-corrected chi connectivity index (χ0v) is 11.1. The smallest absolute Gasteiger partial charge is 0.326 e. The molecule has 1 heterocycles. The van der Waals surface area contributed by atoms with Crippen molar-refractivity contribution in [1.29, 1.82) is 0 Å². The highest BCUT2D eigenvalue weighted by molar-refractivity contribution is 6.27. The fraction of sp³-hybridized carbons (Fsp3) is 0.727. The van der Waals surface area contributed by atoms with E-state index in [9.17, 15) is 14.4 Å². The highest BCUT2D eigenvalue weighted by Gasteiger charge is 2.37. The van der Waals surface area contributed by atoms with Crippen molar-refractivity contribution in [2.45, 2.75) is 19.9 Å². The Labute approximate surface area is 110 Å². The number of amides is 2. The van der Waals surface area contributed by atoms with Crippen LogP contribution < -0.4 is 5.32 Å². The van der Waals surface area contributed by atoms with Crippen LogP contribution in [0.15, 0.2) is 0 Å². The topological polar surface area (TPSA) is 86.7 Å². The molecule has 1 unspecified atom stereocenters. The number of nitrogens with zero attached hydrogens (tertiary/aromatic N) is 1. The Bertz CT molecular complexity index is 353. The molecule has 0 bridgehead atoms. The van der Waals surface area contributed by atoms with Gasteiger partial charge in [0.25, 0.3) is 0 Å². The standard InChI is InChI=1S/C11H17ClN2O4/c1-6(2)9(11(17)18)13-10(16)7-4-14(5-7)8(15)3-12/h6-7,9H,3-5H2,1-2H3,(H,13,16)(H,17,18). The zero-order valence-electron chi connectivity index (χ0n) is 10.4. The van der Waals surface area contributed by atoms with Crippen LogP contribution in [-0.4, -0.2) is 52.8 Å². The van der Waals surface area contributed by atoms with Gasteiger partial charge in [-0.25, -0.2) is 4.79 Å². The second-order valence-electron chi connectivity index (χ2n) is 4.70. The highest BCUT2D eigenvalue weighted by Crippen LogP contribution is 2.17. The number of carboxylic acid groups (broad SMARTS) is 1. The minimum atomic E-state index is -1.05. The van der Waals surface area contributed by atoms with E-state index in [1.807, 2.05) is 0 Å². The molecule has 0 radical (unpaired) electrons. The Morgan fingerprint density at radius 3 is 2.33 bits per heavy atom. The number of carboxylic acids is 1. The number of hydrogen-bond acceptors (Lipinski definition) is 3. The molecule has 1 aliphatic heterocycles. The molecule has 2 N–H and O–H groups in total. The van der Waals surface area contributed by atoms with Crippen LogP contribution in [0.4, 0.5) is 0 Å². The van der Waals surface area contributed by atoms with Crippen molar-refractivity contribution < 1.29 is 19.5 Å². The van der Waals surface area contributed by atoms with Crippen molar-refractivity contribution in [1.82, 2.24) is 10.2 Å². The van der Waals surface area contributed by atoms with Gasteiger partial charge in [0.2, 0.25) is 11.8 Å². The number of carbonyl (C=O) groups is 3. The normalized spacial score (nSPS) is 17.2. The first kappa shape index (κ1) is 14.8. The maximum absolute atomic E-state index is 11.8. The third-order valence-electron chi connectivity index (χ3n) is 2.95. The molecule has 102 valence electrons. The average Bonchev–Trinajstić information content (AvgIpc) is 2.22. The molecule has 0 aromatic heterocycles. The zero-order chi connectivity index (χ0) is 13.9. The van der Waals surface area contributed by atoms with E-state index in [2.05, 4.69) is 5.32 Å². The minimum absolute atomic E-state index is 0.0991. The predicted octanol–water partition coefficient (Wildman–Crippen LogP) is -0.0910. The summed E-state index contributed by atoms with van der Waals surface area (Å²) in [5, 5.41) is 11.4. The van der Waals surface area contributed by atoms with Crippen LogP contribution >= 0.6 is 11.6 Å². The molecule has 0 aliphatic carbocycles. The molecule has 2 amide bonds. The first-order valence-electron chi connectivity index (χ1n) is 5.73. The fourth-order valence-electron chi connectivity index (χ4n) is 1.72. The molecule has 7 heteroatoms. The van der Waals surface area contributed by atoms with Gasteiger partial charge in [-0.3, -0.25) is 9.59 Å². The Morgan fingerprint density at radius 2 is 1.94 bits per heavy atom. The van der Waals surface area contributed by atoms with Crippen molar-refractivity contribution in [3.8, 4) is 0 Å². The number of rotatable bonds is 5. The van der Waals surface area contributed by atoms with Crippen molar-refractivity contribution in [2.24, 2.45) is 11.8 Å². The lowest BCUT2D eigenvalue weighted by Gasteiger charge is -2.38. The van der Waals surface area contributed by atoms with E-state index < -0.39 is 12.0 Å². The molecular formula is C11H17ClN2O4. The number of nitrogens with one attached hydrogen (secondary N) is 1. The van der Waals surface area contributed by atoms with Gasteiger partial charge in [0.05, 0.1) is 5.92 Å². The molecule has 18 heavy (non-hydrogen) atoms. The third-order valence-corrected chi connectivity index (χ3v) is 3.18. The summed E-state index contributed by atoms with van der Waals surface area (Å²) >= 11 is 5.38. The van der Waals surface area contributed by atoms with E-state index >= 15 is 0 Å². The van der Waals surface area contributed by atoms with E-state index in [-0.39, 0.29) is 29.5 Å². The highest BCUT2D eigenvalue weighted by atomic mass is 35.5.